The predicted molar refractivity (Wildman–Crippen MR) is 86.0 cm³/mol. The number of hydrogen-bond acceptors (Lipinski definition) is 7. The molecule has 8 heteroatoms. The maximum absolute atomic E-state index is 12.1. The van der Waals surface area contributed by atoms with Gasteiger partial charge in [0.15, 0.2) is 5.82 Å². The fourth-order valence-corrected chi connectivity index (χ4v) is 3.48. The van der Waals surface area contributed by atoms with Gasteiger partial charge >= 0.3 is 0 Å². The largest absolute Gasteiger partial charge is 0.356 e. The zero-order chi connectivity index (χ0) is 16.7. The highest BCUT2D eigenvalue weighted by molar-refractivity contribution is 5.96. The van der Waals surface area contributed by atoms with Crippen molar-refractivity contribution in [1.82, 2.24) is 25.4 Å². The van der Waals surface area contributed by atoms with Gasteiger partial charge in [-0.3, -0.25) is 4.79 Å². The molecule has 0 unspecified atom stereocenters. The lowest BCUT2D eigenvalue weighted by Crippen LogP contribution is -2.38. The Morgan fingerprint density at radius 3 is 2.67 bits per heavy atom. The summed E-state index contributed by atoms with van der Waals surface area (Å²) in [6.45, 7) is 6.02. The van der Waals surface area contributed by atoms with Crippen LogP contribution in [0.5, 0.6) is 0 Å². The van der Waals surface area contributed by atoms with Crippen molar-refractivity contribution < 1.29 is 9.32 Å². The van der Waals surface area contributed by atoms with E-state index >= 15 is 0 Å². The van der Waals surface area contributed by atoms with Gasteiger partial charge in [-0.2, -0.15) is 4.98 Å². The Kier molecular flexibility index (Phi) is 3.66. The van der Waals surface area contributed by atoms with Crippen molar-refractivity contribution in [1.29, 1.82) is 0 Å². The molecular formula is C16H20N6O2. The molecule has 1 saturated heterocycles. The first kappa shape index (κ1) is 15.0. The van der Waals surface area contributed by atoms with E-state index in [1.807, 2.05) is 13.8 Å². The zero-order valence-corrected chi connectivity index (χ0v) is 13.9. The second-order valence-corrected chi connectivity index (χ2v) is 6.36. The number of carbonyl (C=O) groups is 1. The summed E-state index contributed by atoms with van der Waals surface area (Å²) in [4.78, 5) is 27.6. The van der Waals surface area contributed by atoms with Crippen LogP contribution in [0.3, 0.4) is 0 Å². The summed E-state index contributed by atoms with van der Waals surface area (Å²) in [5.74, 6) is 3.18. The zero-order valence-electron chi connectivity index (χ0n) is 13.9. The van der Waals surface area contributed by atoms with Crippen molar-refractivity contribution in [2.24, 2.45) is 0 Å². The van der Waals surface area contributed by atoms with Crippen LogP contribution in [0.2, 0.25) is 0 Å². The van der Waals surface area contributed by atoms with Crippen molar-refractivity contribution in [2.75, 3.05) is 24.5 Å². The first-order valence-corrected chi connectivity index (χ1v) is 8.32. The van der Waals surface area contributed by atoms with E-state index in [4.69, 9.17) is 4.52 Å². The average Bonchev–Trinajstić information content (AvgIpc) is 3.02. The van der Waals surface area contributed by atoms with Gasteiger partial charge in [-0.1, -0.05) is 5.16 Å². The molecule has 24 heavy (non-hydrogen) atoms. The molecule has 4 rings (SSSR count). The molecule has 2 aromatic rings. The summed E-state index contributed by atoms with van der Waals surface area (Å²) in [5.41, 5.74) is 1.50. The molecule has 0 saturated carbocycles. The summed E-state index contributed by atoms with van der Waals surface area (Å²) in [6, 6.07) is 0. The first-order valence-electron chi connectivity index (χ1n) is 8.32. The average molecular weight is 328 g/mol. The standard InChI is InChI=1S/C16H20N6O2/c1-9-18-13-12(3-6-17-16(13)23)15(19-9)22-7-4-11(5-8-22)14-20-10(2)24-21-14/h11H,3-8H2,1-2H3,(H,17,23). The Balaban J connectivity index is 1.57. The van der Waals surface area contributed by atoms with Crippen LogP contribution in [0.25, 0.3) is 0 Å². The number of amides is 1. The minimum Gasteiger partial charge on any atom is -0.356 e. The number of fused-ring (bicyclic) bond motifs is 1. The van der Waals surface area contributed by atoms with E-state index in [-0.39, 0.29) is 5.91 Å². The Morgan fingerprint density at radius 1 is 1.17 bits per heavy atom. The van der Waals surface area contributed by atoms with Gasteiger partial charge in [-0.25, -0.2) is 9.97 Å². The minimum atomic E-state index is -0.0971. The normalized spacial score (nSPS) is 18.4. The van der Waals surface area contributed by atoms with Crippen LogP contribution >= 0.6 is 0 Å². The molecule has 0 bridgehead atoms. The van der Waals surface area contributed by atoms with E-state index < -0.39 is 0 Å². The van der Waals surface area contributed by atoms with Gasteiger partial charge in [0.2, 0.25) is 5.89 Å². The molecule has 2 aromatic heterocycles. The third-order valence-corrected chi connectivity index (χ3v) is 4.68. The SMILES string of the molecule is Cc1nc2c(c(N3CCC(c4noc(C)n4)CC3)n1)CCNC2=O. The highest BCUT2D eigenvalue weighted by atomic mass is 16.5. The van der Waals surface area contributed by atoms with Gasteiger partial charge in [0.25, 0.3) is 5.91 Å². The number of aromatic nitrogens is 4. The molecule has 0 spiro atoms. The molecule has 0 aliphatic carbocycles. The molecule has 126 valence electrons. The monoisotopic (exact) mass is 328 g/mol. The fraction of sp³-hybridized carbons (Fsp3) is 0.562. The third kappa shape index (κ3) is 2.61. The molecule has 1 fully saturated rings. The smallest absolute Gasteiger partial charge is 0.270 e. The summed E-state index contributed by atoms with van der Waals surface area (Å²) < 4.78 is 5.09. The molecule has 8 nitrogen and oxygen atoms in total. The second kappa shape index (κ2) is 5.85. The highest BCUT2D eigenvalue weighted by Crippen LogP contribution is 2.31. The molecule has 0 radical (unpaired) electrons. The lowest BCUT2D eigenvalue weighted by atomic mass is 9.95. The Bertz CT molecular complexity index is 779. The van der Waals surface area contributed by atoms with Crippen LogP contribution in [0.4, 0.5) is 5.82 Å². The molecule has 1 amide bonds. The molecule has 2 aliphatic rings. The molecule has 2 aliphatic heterocycles. The quantitative estimate of drug-likeness (QED) is 0.883. The van der Waals surface area contributed by atoms with E-state index in [0.29, 0.717) is 29.9 Å². The van der Waals surface area contributed by atoms with E-state index in [9.17, 15) is 4.79 Å². The Labute approximate surface area is 139 Å². The van der Waals surface area contributed by atoms with Crippen LogP contribution < -0.4 is 10.2 Å². The van der Waals surface area contributed by atoms with E-state index in [0.717, 1.165) is 49.6 Å². The van der Waals surface area contributed by atoms with Crippen molar-refractivity contribution in [2.45, 2.75) is 39.0 Å². The van der Waals surface area contributed by atoms with Crippen molar-refractivity contribution >= 4 is 11.7 Å². The summed E-state index contributed by atoms with van der Waals surface area (Å²) in [6.07, 6.45) is 2.67. The van der Waals surface area contributed by atoms with Crippen LogP contribution in [-0.2, 0) is 6.42 Å². The van der Waals surface area contributed by atoms with Crippen molar-refractivity contribution in [3.8, 4) is 0 Å². The minimum absolute atomic E-state index is 0.0971. The van der Waals surface area contributed by atoms with Crippen molar-refractivity contribution in [3.63, 3.8) is 0 Å². The first-order chi connectivity index (χ1) is 11.6. The predicted octanol–water partition coefficient (Wildman–Crippen LogP) is 1.15. The van der Waals surface area contributed by atoms with Crippen molar-refractivity contribution in [3.05, 3.63) is 28.8 Å². The molecule has 1 N–H and O–H groups in total. The number of rotatable bonds is 2. The topological polar surface area (TPSA) is 97.0 Å². The van der Waals surface area contributed by atoms with E-state index in [1.54, 1.807) is 0 Å². The third-order valence-electron chi connectivity index (χ3n) is 4.68. The van der Waals surface area contributed by atoms with Gasteiger partial charge in [0.05, 0.1) is 0 Å². The van der Waals surface area contributed by atoms with Gasteiger partial charge in [-0.15, -0.1) is 0 Å². The maximum Gasteiger partial charge on any atom is 0.270 e. The Hall–Kier alpha value is -2.51. The molecule has 0 aromatic carbocycles. The number of nitrogens with one attached hydrogen (secondary N) is 1. The number of anilines is 1. The number of aryl methyl sites for hydroxylation is 2. The van der Waals surface area contributed by atoms with Gasteiger partial charge < -0.3 is 14.7 Å². The van der Waals surface area contributed by atoms with Gasteiger partial charge in [0.1, 0.15) is 17.3 Å². The van der Waals surface area contributed by atoms with Gasteiger partial charge in [0, 0.05) is 38.0 Å². The lowest BCUT2D eigenvalue weighted by Gasteiger charge is -2.33. The maximum atomic E-state index is 12.1. The summed E-state index contributed by atoms with van der Waals surface area (Å²) in [7, 11) is 0. The summed E-state index contributed by atoms with van der Waals surface area (Å²) >= 11 is 0. The molecule has 4 heterocycles. The van der Waals surface area contributed by atoms with Crippen LogP contribution in [0.15, 0.2) is 4.52 Å². The number of nitrogens with zero attached hydrogens (tertiary/aromatic N) is 5. The molecule has 0 atom stereocenters. The van der Waals surface area contributed by atoms with Gasteiger partial charge in [-0.05, 0) is 26.2 Å². The van der Waals surface area contributed by atoms with E-state index in [2.05, 4.69) is 30.3 Å². The number of carbonyl (C=O) groups excluding carboxylic acids is 1. The lowest BCUT2D eigenvalue weighted by molar-refractivity contribution is 0.0940. The number of piperidine rings is 1. The van der Waals surface area contributed by atoms with Crippen LogP contribution in [-0.4, -0.2) is 45.7 Å². The highest BCUT2D eigenvalue weighted by Gasteiger charge is 2.29. The number of hydrogen-bond donors (Lipinski definition) is 1. The summed E-state index contributed by atoms with van der Waals surface area (Å²) in [5, 5.41) is 6.90. The van der Waals surface area contributed by atoms with E-state index in [1.165, 1.54) is 0 Å². The Morgan fingerprint density at radius 2 is 1.96 bits per heavy atom. The van der Waals surface area contributed by atoms with Crippen LogP contribution in [0, 0.1) is 13.8 Å². The fourth-order valence-electron chi connectivity index (χ4n) is 3.48. The second-order valence-electron chi connectivity index (χ2n) is 6.36. The molecular weight excluding hydrogens is 308 g/mol. The van der Waals surface area contributed by atoms with Crippen LogP contribution in [0.1, 0.15) is 52.4 Å².